The van der Waals surface area contributed by atoms with E-state index in [2.05, 4.69) is 5.32 Å². The summed E-state index contributed by atoms with van der Waals surface area (Å²) < 4.78 is 28.9. The maximum Gasteiger partial charge on any atom is 0.264 e. The molecule has 0 aliphatic heterocycles. The van der Waals surface area contributed by atoms with Crippen LogP contribution in [0, 0.1) is 13.8 Å². The van der Waals surface area contributed by atoms with Gasteiger partial charge in [-0.15, -0.1) is 0 Å². The van der Waals surface area contributed by atoms with Gasteiger partial charge in [0.05, 0.1) is 10.6 Å². The van der Waals surface area contributed by atoms with Gasteiger partial charge in [0.15, 0.2) is 0 Å². The Morgan fingerprint density at radius 2 is 1.51 bits per heavy atom. The van der Waals surface area contributed by atoms with E-state index in [1.807, 2.05) is 20.8 Å². The summed E-state index contributed by atoms with van der Waals surface area (Å²) in [5.74, 6) is -1.01. The van der Waals surface area contributed by atoms with Crippen LogP contribution < -0.4 is 9.62 Å². The Bertz CT molecular complexity index is 1490. The number of benzene rings is 3. The van der Waals surface area contributed by atoms with Gasteiger partial charge in [0.25, 0.3) is 10.0 Å². The van der Waals surface area contributed by atoms with Crippen molar-refractivity contribution in [3.8, 4) is 0 Å². The van der Waals surface area contributed by atoms with Crippen molar-refractivity contribution < 1.29 is 18.0 Å². The van der Waals surface area contributed by atoms with Crippen LogP contribution in [0.4, 0.5) is 5.69 Å². The SMILES string of the molecule is CC[C@H](C)NC(=O)[C@@H](C)N(Cc1c(Cl)cccc1Cl)C(=O)CN(c1ccc(C)c(Cl)c1)S(=O)(=O)c1ccc(C)cc1. The Morgan fingerprint density at radius 1 is 0.902 bits per heavy atom. The summed E-state index contributed by atoms with van der Waals surface area (Å²) in [6.07, 6.45) is 0.694. The van der Waals surface area contributed by atoms with Gasteiger partial charge in [0.1, 0.15) is 12.6 Å². The second-order valence-corrected chi connectivity index (χ2v) is 13.1. The van der Waals surface area contributed by atoms with E-state index in [1.54, 1.807) is 56.3 Å². The highest BCUT2D eigenvalue weighted by atomic mass is 35.5. The highest BCUT2D eigenvalue weighted by Crippen LogP contribution is 2.30. The van der Waals surface area contributed by atoms with Crippen LogP contribution in [0.2, 0.25) is 15.1 Å². The van der Waals surface area contributed by atoms with Gasteiger partial charge < -0.3 is 10.2 Å². The van der Waals surface area contributed by atoms with Gasteiger partial charge in [0.2, 0.25) is 11.8 Å². The lowest BCUT2D eigenvalue weighted by atomic mass is 10.1. The van der Waals surface area contributed by atoms with E-state index in [4.69, 9.17) is 34.8 Å². The standard InChI is InChI=1S/C30H34Cl3N3O4S/c1-6-21(4)34-30(38)22(5)35(17-25-26(31)8-7-9-27(25)32)29(37)18-36(23-13-12-20(3)28(33)16-23)41(39,40)24-14-10-19(2)11-15-24/h7-16,21-22H,6,17-18H2,1-5H3,(H,34,38)/t21-,22+/m0/s1. The zero-order chi connectivity index (χ0) is 30.5. The number of aryl methyl sites for hydroxylation is 2. The molecule has 0 unspecified atom stereocenters. The number of sulfonamides is 1. The Balaban J connectivity index is 2.09. The van der Waals surface area contributed by atoms with Crippen LogP contribution in [-0.4, -0.2) is 43.8 Å². The number of carbonyl (C=O) groups is 2. The third kappa shape index (κ3) is 7.95. The van der Waals surface area contributed by atoms with E-state index < -0.39 is 28.5 Å². The van der Waals surface area contributed by atoms with Crippen LogP contribution in [0.3, 0.4) is 0 Å². The zero-order valence-electron chi connectivity index (χ0n) is 23.6. The first-order valence-corrected chi connectivity index (χ1v) is 15.7. The highest BCUT2D eigenvalue weighted by molar-refractivity contribution is 7.92. The molecule has 1 N–H and O–H groups in total. The molecule has 0 aliphatic rings. The normalized spacial score (nSPS) is 12.9. The lowest BCUT2D eigenvalue weighted by molar-refractivity contribution is -0.139. The van der Waals surface area contributed by atoms with Crippen LogP contribution in [0.1, 0.15) is 43.9 Å². The molecular formula is C30H34Cl3N3O4S. The van der Waals surface area contributed by atoms with Gasteiger partial charge >= 0.3 is 0 Å². The van der Waals surface area contributed by atoms with E-state index >= 15 is 0 Å². The molecule has 2 atom stereocenters. The molecule has 0 spiro atoms. The summed E-state index contributed by atoms with van der Waals surface area (Å²) in [7, 11) is -4.21. The average Bonchev–Trinajstić information content (AvgIpc) is 2.92. The third-order valence-corrected chi connectivity index (χ3v) is 9.79. The highest BCUT2D eigenvalue weighted by Gasteiger charge is 2.33. The molecule has 3 rings (SSSR count). The Morgan fingerprint density at radius 3 is 2.07 bits per heavy atom. The Kier molecular flexibility index (Phi) is 11.1. The smallest absolute Gasteiger partial charge is 0.264 e. The largest absolute Gasteiger partial charge is 0.352 e. The minimum absolute atomic E-state index is 0.0101. The minimum Gasteiger partial charge on any atom is -0.352 e. The Labute approximate surface area is 257 Å². The number of nitrogens with one attached hydrogen (secondary N) is 1. The number of hydrogen-bond acceptors (Lipinski definition) is 4. The van der Waals surface area contributed by atoms with E-state index in [0.29, 0.717) is 27.1 Å². The van der Waals surface area contributed by atoms with Gasteiger partial charge in [-0.2, -0.15) is 0 Å². The lowest BCUT2D eigenvalue weighted by Crippen LogP contribution is -2.52. The van der Waals surface area contributed by atoms with E-state index in [0.717, 1.165) is 15.4 Å². The second kappa shape index (κ2) is 13.9. The van der Waals surface area contributed by atoms with Crippen LogP contribution >= 0.6 is 34.8 Å². The number of nitrogens with zero attached hydrogens (tertiary/aromatic N) is 2. The van der Waals surface area contributed by atoms with E-state index in [-0.39, 0.29) is 29.1 Å². The van der Waals surface area contributed by atoms with Crippen LogP contribution in [0.5, 0.6) is 0 Å². The van der Waals surface area contributed by atoms with Gasteiger partial charge in [-0.3, -0.25) is 13.9 Å². The fraction of sp³-hybridized carbons (Fsp3) is 0.333. The molecule has 3 aromatic rings. The van der Waals surface area contributed by atoms with E-state index in [1.165, 1.54) is 23.1 Å². The van der Waals surface area contributed by atoms with Crippen molar-refractivity contribution in [1.82, 2.24) is 10.2 Å². The molecule has 0 aromatic heterocycles. The summed E-state index contributed by atoms with van der Waals surface area (Å²) in [5.41, 5.74) is 2.29. The average molecular weight is 639 g/mol. The number of halogens is 3. The molecule has 3 aromatic carbocycles. The maximum absolute atomic E-state index is 14.1. The molecule has 2 amide bonds. The molecule has 0 fully saturated rings. The molecule has 0 saturated heterocycles. The molecular weight excluding hydrogens is 605 g/mol. The first kappa shape index (κ1) is 32.7. The van der Waals surface area contributed by atoms with Crippen molar-refractivity contribution in [2.45, 2.75) is 64.6 Å². The van der Waals surface area contributed by atoms with E-state index in [9.17, 15) is 18.0 Å². The summed E-state index contributed by atoms with van der Waals surface area (Å²) in [6.45, 7) is 8.31. The number of carbonyl (C=O) groups excluding carboxylic acids is 2. The molecule has 0 radical (unpaired) electrons. The second-order valence-electron chi connectivity index (χ2n) is 9.97. The quantitative estimate of drug-likeness (QED) is 0.251. The molecule has 0 bridgehead atoms. The summed E-state index contributed by atoms with van der Waals surface area (Å²) in [5, 5.41) is 3.88. The molecule has 0 heterocycles. The zero-order valence-corrected chi connectivity index (χ0v) is 26.7. The van der Waals surface area contributed by atoms with Crippen molar-refractivity contribution in [3.05, 3.63) is 92.4 Å². The van der Waals surface area contributed by atoms with Crippen molar-refractivity contribution in [3.63, 3.8) is 0 Å². The predicted molar refractivity (Wildman–Crippen MR) is 166 cm³/mol. The van der Waals surface area contributed by atoms with Crippen molar-refractivity contribution in [1.29, 1.82) is 0 Å². The van der Waals surface area contributed by atoms with Crippen LogP contribution in [0.25, 0.3) is 0 Å². The van der Waals surface area contributed by atoms with Gasteiger partial charge in [-0.05, 0) is 76.1 Å². The van der Waals surface area contributed by atoms with Crippen molar-refractivity contribution >= 4 is 62.3 Å². The fourth-order valence-corrected chi connectivity index (χ4v) is 6.10. The molecule has 11 heteroatoms. The molecule has 220 valence electrons. The number of hydrogen-bond donors (Lipinski definition) is 1. The van der Waals surface area contributed by atoms with Crippen LogP contribution in [0.15, 0.2) is 65.6 Å². The monoisotopic (exact) mass is 637 g/mol. The van der Waals surface area contributed by atoms with Gasteiger partial charge in [-0.25, -0.2) is 8.42 Å². The summed E-state index contributed by atoms with van der Waals surface area (Å²) in [6, 6.07) is 15.0. The molecule has 0 saturated carbocycles. The number of anilines is 1. The minimum atomic E-state index is -4.21. The lowest BCUT2D eigenvalue weighted by Gasteiger charge is -2.33. The molecule has 0 aliphatic carbocycles. The molecule has 41 heavy (non-hydrogen) atoms. The van der Waals surface area contributed by atoms with Crippen molar-refractivity contribution in [2.75, 3.05) is 10.8 Å². The van der Waals surface area contributed by atoms with Gasteiger partial charge in [0, 0.05) is 33.2 Å². The first-order valence-electron chi connectivity index (χ1n) is 13.1. The Hall–Kier alpha value is -2.78. The summed E-state index contributed by atoms with van der Waals surface area (Å²) in [4.78, 5) is 28.5. The number of rotatable bonds is 11. The van der Waals surface area contributed by atoms with Crippen LogP contribution in [-0.2, 0) is 26.2 Å². The van der Waals surface area contributed by atoms with Gasteiger partial charge in [-0.1, -0.05) is 71.6 Å². The first-order chi connectivity index (χ1) is 19.3. The van der Waals surface area contributed by atoms with Crippen molar-refractivity contribution in [2.24, 2.45) is 0 Å². The summed E-state index contributed by atoms with van der Waals surface area (Å²) >= 11 is 19.2. The fourth-order valence-electron chi connectivity index (χ4n) is 4.00. The molecule has 7 nitrogen and oxygen atoms in total. The number of amides is 2. The maximum atomic E-state index is 14.1. The third-order valence-electron chi connectivity index (χ3n) is 6.89. The predicted octanol–water partition coefficient (Wildman–Crippen LogP) is 6.79. The topological polar surface area (TPSA) is 86.8 Å².